The summed E-state index contributed by atoms with van der Waals surface area (Å²) in [4.78, 5) is 0.698. The lowest BCUT2D eigenvalue weighted by atomic mass is 10.00. The predicted octanol–water partition coefficient (Wildman–Crippen LogP) is 2.54. The van der Waals surface area contributed by atoms with E-state index in [1.165, 1.54) is 18.6 Å². The van der Waals surface area contributed by atoms with Crippen molar-refractivity contribution in [2.75, 3.05) is 25.2 Å². The largest absolute Gasteiger partial charge is 0.381 e. The highest BCUT2D eigenvalue weighted by atomic mass is 79.9. The summed E-state index contributed by atoms with van der Waals surface area (Å²) < 4.78 is 5.41. The number of halogens is 1. The van der Waals surface area contributed by atoms with Crippen LogP contribution in [0.1, 0.15) is 12.8 Å². The van der Waals surface area contributed by atoms with E-state index in [-0.39, 0.29) is 0 Å². The third kappa shape index (κ3) is 3.34. The molecule has 0 spiro atoms. The van der Waals surface area contributed by atoms with Crippen LogP contribution in [0, 0.1) is 5.92 Å². The Balaban J connectivity index is 2.18. The normalized spacial score (nSPS) is 32.2. The molecule has 11 heavy (non-hydrogen) atoms. The second-order valence-electron chi connectivity index (χ2n) is 2.92. The van der Waals surface area contributed by atoms with Crippen LogP contribution in [0.5, 0.6) is 0 Å². The van der Waals surface area contributed by atoms with E-state index < -0.39 is 0 Å². The van der Waals surface area contributed by atoms with Crippen LogP contribution < -0.4 is 0 Å². The molecule has 0 aliphatic carbocycles. The molecule has 0 N–H and O–H groups in total. The first-order valence-corrected chi connectivity index (χ1v) is 6.36. The second-order valence-corrected chi connectivity index (χ2v) is 5.08. The van der Waals surface area contributed by atoms with E-state index in [0.29, 0.717) is 4.83 Å². The van der Waals surface area contributed by atoms with Crippen molar-refractivity contribution in [3.63, 3.8) is 0 Å². The summed E-state index contributed by atoms with van der Waals surface area (Å²) in [5, 5.41) is 0. The minimum absolute atomic E-state index is 0.698. The number of thioether (sulfide) groups is 1. The third-order valence-corrected chi connectivity index (χ3v) is 3.92. The fourth-order valence-corrected chi connectivity index (χ4v) is 2.45. The maximum absolute atomic E-state index is 5.41. The Bertz CT molecular complexity index is 110. The van der Waals surface area contributed by atoms with Crippen molar-refractivity contribution in [3.05, 3.63) is 0 Å². The summed E-state index contributed by atoms with van der Waals surface area (Å²) in [5.74, 6) is 2.01. The predicted molar refractivity (Wildman–Crippen MR) is 54.6 cm³/mol. The summed E-state index contributed by atoms with van der Waals surface area (Å²) in [5.41, 5.74) is 0. The van der Waals surface area contributed by atoms with Gasteiger partial charge in [-0.15, -0.1) is 0 Å². The topological polar surface area (TPSA) is 9.23 Å². The number of ether oxygens (including phenoxy) is 1. The molecule has 2 atom stereocenters. The number of hydrogen-bond acceptors (Lipinski definition) is 2. The lowest BCUT2D eigenvalue weighted by molar-refractivity contribution is 0.0595. The lowest BCUT2D eigenvalue weighted by Crippen LogP contribution is -2.28. The van der Waals surface area contributed by atoms with Crippen molar-refractivity contribution < 1.29 is 4.74 Å². The summed E-state index contributed by atoms with van der Waals surface area (Å²) in [6.45, 7) is 1.89. The van der Waals surface area contributed by atoms with Crippen molar-refractivity contribution in [1.82, 2.24) is 0 Å². The first-order chi connectivity index (χ1) is 5.34. The van der Waals surface area contributed by atoms with Gasteiger partial charge in [-0.3, -0.25) is 0 Å². The van der Waals surface area contributed by atoms with Gasteiger partial charge in [0.15, 0.2) is 0 Å². The zero-order valence-corrected chi connectivity index (χ0v) is 9.29. The average Bonchev–Trinajstić information content (AvgIpc) is 2.03. The molecule has 2 unspecified atom stereocenters. The van der Waals surface area contributed by atoms with Crippen molar-refractivity contribution >= 4 is 27.7 Å². The van der Waals surface area contributed by atoms with Gasteiger partial charge in [0.2, 0.25) is 0 Å². The van der Waals surface area contributed by atoms with Crippen LogP contribution in [-0.4, -0.2) is 30.0 Å². The van der Waals surface area contributed by atoms with Gasteiger partial charge in [-0.2, -0.15) is 11.8 Å². The first-order valence-electron chi connectivity index (χ1n) is 4.05. The molecule has 1 fully saturated rings. The van der Waals surface area contributed by atoms with Crippen LogP contribution in [0.25, 0.3) is 0 Å². The van der Waals surface area contributed by atoms with Gasteiger partial charge >= 0.3 is 0 Å². The van der Waals surface area contributed by atoms with Gasteiger partial charge in [0.05, 0.1) is 6.61 Å². The minimum Gasteiger partial charge on any atom is -0.381 e. The number of alkyl halides is 1. The molecular weight excluding hydrogens is 224 g/mol. The van der Waals surface area contributed by atoms with E-state index in [4.69, 9.17) is 4.74 Å². The molecule has 1 aliphatic heterocycles. The molecule has 66 valence electrons. The van der Waals surface area contributed by atoms with Crippen LogP contribution in [0.2, 0.25) is 0 Å². The standard InChI is InChI=1S/C8H15BrOS/c1-11-5-3-7-6-10-4-2-8(7)9/h7-8H,2-6H2,1H3. The highest BCUT2D eigenvalue weighted by molar-refractivity contribution is 9.09. The highest BCUT2D eigenvalue weighted by Gasteiger charge is 2.22. The smallest absolute Gasteiger partial charge is 0.0505 e. The molecule has 0 aromatic rings. The van der Waals surface area contributed by atoms with Crippen LogP contribution in [0.3, 0.4) is 0 Å². The maximum atomic E-state index is 5.41. The molecule has 0 saturated carbocycles. The van der Waals surface area contributed by atoms with Gasteiger partial charge < -0.3 is 4.74 Å². The fraction of sp³-hybridized carbons (Fsp3) is 1.00. The summed E-state index contributed by atoms with van der Waals surface area (Å²) >= 11 is 5.62. The van der Waals surface area contributed by atoms with Gasteiger partial charge in [0.25, 0.3) is 0 Å². The molecule has 1 aliphatic rings. The Morgan fingerprint density at radius 1 is 1.64 bits per heavy atom. The van der Waals surface area contributed by atoms with Crippen LogP contribution in [0.15, 0.2) is 0 Å². The molecular formula is C8H15BrOS. The van der Waals surface area contributed by atoms with E-state index in [0.717, 1.165) is 19.1 Å². The molecule has 1 nitrogen and oxygen atoms in total. The van der Waals surface area contributed by atoms with Crippen molar-refractivity contribution in [1.29, 1.82) is 0 Å². The SMILES string of the molecule is CSCCC1COCCC1Br. The van der Waals surface area contributed by atoms with Crippen molar-refractivity contribution in [2.45, 2.75) is 17.7 Å². The summed E-state index contributed by atoms with van der Waals surface area (Å²) in [6, 6.07) is 0. The van der Waals surface area contributed by atoms with E-state index in [1.54, 1.807) is 0 Å². The van der Waals surface area contributed by atoms with Gasteiger partial charge in [-0.05, 0) is 30.8 Å². The van der Waals surface area contributed by atoms with Crippen LogP contribution in [-0.2, 0) is 4.74 Å². The fourth-order valence-electron chi connectivity index (χ4n) is 1.30. The molecule has 0 radical (unpaired) electrons. The molecule has 1 heterocycles. The summed E-state index contributed by atoms with van der Waals surface area (Å²) in [6.07, 6.45) is 4.63. The Morgan fingerprint density at radius 2 is 2.45 bits per heavy atom. The molecule has 0 bridgehead atoms. The molecule has 1 saturated heterocycles. The molecule has 0 aromatic heterocycles. The lowest BCUT2D eigenvalue weighted by Gasteiger charge is -2.27. The van der Waals surface area contributed by atoms with Gasteiger partial charge in [-0.1, -0.05) is 15.9 Å². The molecule has 1 rings (SSSR count). The monoisotopic (exact) mass is 238 g/mol. The summed E-state index contributed by atoms with van der Waals surface area (Å²) in [7, 11) is 0. The zero-order chi connectivity index (χ0) is 8.10. The third-order valence-electron chi connectivity index (χ3n) is 2.07. The van der Waals surface area contributed by atoms with Crippen molar-refractivity contribution in [2.24, 2.45) is 5.92 Å². The quantitative estimate of drug-likeness (QED) is 0.700. The molecule has 3 heteroatoms. The maximum Gasteiger partial charge on any atom is 0.0505 e. The Morgan fingerprint density at radius 3 is 3.09 bits per heavy atom. The molecule has 0 amide bonds. The second kappa shape index (κ2) is 5.44. The first kappa shape index (κ1) is 9.87. The van der Waals surface area contributed by atoms with E-state index in [2.05, 4.69) is 22.2 Å². The Hall–Kier alpha value is 0.790. The zero-order valence-electron chi connectivity index (χ0n) is 6.88. The Labute approximate surface area is 81.4 Å². The average molecular weight is 239 g/mol. The van der Waals surface area contributed by atoms with Gasteiger partial charge in [0, 0.05) is 11.4 Å². The van der Waals surface area contributed by atoms with Crippen LogP contribution in [0.4, 0.5) is 0 Å². The number of rotatable bonds is 3. The highest BCUT2D eigenvalue weighted by Crippen LogP contribution is 2.25. The van der Waals surface area contributed by atoms with Gasteiger partial charge in [-0.25, -0.2) is 0 Å². The molecule has 0 aromatic carbocycles. The van der Waals surface area contributed by atoms with Crippen molar-refractivity contribution in [3.8, 4) is 0 Å². The van der Waals surface area contributed by atoms with Gasteiger partial charge in [0.1, 0.15) is 0 Å². The van der Waals surface area contributed by atoms with E-state index >= 15 is 0 Å². The van der Waals surface area contributed by atoms with Crippen LogP contribution >= 0.6 is 27.7 Å². The van der Waals surface area contributed by atoms with E-state index in [1.807, 2.05) is 11.8 Å². The Kier molecular flexibility index (Phi) is 4.88. The minimum atomic E-state index is 0.698. The van der Waals surface area contributed by atoms with E-state index in [9.17, 15) is 0 Å². The number of hydrogen-bond donors (Lipinski definition) is 0.